The average molecular weight is 289 g/mol. The van der Waals surface area contributed by atoms with Crippen molar-refractivity contribution >= 4 is 11.7 Å². The molecule has 0 spiro atoms. The van der Waals surface area contributed by atoms with Crippen LogP contribution in [-0.2, 0) is 13.6 Å². The van der Waals surface area contributed by atoms with Crippen molar-refractivity contribution in [1.82, 2.24) is 19.7 Å². The number of hydrogen-bond donors (Lipinski definition) is 2. The van der Waals surface area contributed by atoms with E-state index in [1.807, 2.05) is 34.0 Å². The fourth-order valence-corrected chi connectivity index (χ4v) is 1.98. The molecule has 0 atom stereocenters. The Balaban J connectivity index is 2.23. The van der Waals surface area contributed by atoms with Crippen LogP contribution in [0, 0.1) is 6.92 Å². The van der Waals surface area contributed by atoms with Crippen molar-refractivity contribution in [2.24, 2.45) is 7.05 Å². The quantitative estimate of drug-likeness (QED) is 0.874. The molecule has 0 aliphatic carbocycles. The molecule has 112 valence electrons. The first-order valence-electron chi connectivity index (χ1n) is 6.71. The summed E-state index contributed by atoms with van der Waals surface area (Å²) in [6, 6.07) is 0. The molecular weight excluding hydrogens is 270 g/mol. The summed E-state index contributed by atoms with van der Waals surface area (Å²) in [6.07, 6.45) is 3.42. The van der Waals surface area contributed by atoms with E-state index in [1.165, 1.54) is 6.20 Å². The number of carboxylic acids is 1. The first-order valence-corrected chi connectivity index (χ1v) is 6.71. The van der Waals surface area contributed by atoms with E-state index < -0.39 is 5.97 Å². The van der Waals surface area contributed by atoms with Crippen LogP contribution in [0.5, 0.6) is 0 Å². The summed E-state index contributed by atoms with van der Waals surface area (Å²) >= 11 is 0. The van der Waals surface area contributed by atoms with Crippen LogP contribution >= 0.6 is 0 Å². The average Bonchev–Trinajstić information content (AvgIpc) is 2.74. The highest BCUT2D eigenvalue weighted by atomic mass is 16.4. The van der Waals surface area contributed by atoms with Gasteiger partial charge < -0.3 is 10.4 Å². The van der Waals surface area contributed by atoms with Gasteiger partial charge in [0.1, 0.15) is 5.82 Å². The number of aromatic nitrogens is 4. The molecule has 0 saturated heterocycles. The van der Waals surface area contributed by atoms with Crippen molar-refractivity contribution in [2.45, 2.75) is 33.2 Å². The predicted molar refractivity (Wildman–Crippen MR) is 78.4 cm³/mol. The minimum absolute atomic E-state index is 0.00440. The highest BCUT2D eigenvalue weighted by molar-refractivity contribution is 5.91. The number of carbonyl (C=O) groups is 1. The Hall–Kier alpha value is -2.44. The van der Waals surface area contributed by atoms with Crippen molar-refractivity contribution in [3.05, 3.63) is 35.2 Å². The molecule has 0 aromatic carbocycles. The molecule has 0 aliphatic heterocycles. The van der Waals surface area contributed by atoms with Gasteiger partial charge in [0.25, 0.3) is 0 Å². The molecule has 0 unspecified atom stereocenters. The number of anilines is 1. The van der Waals surface area contributed by atoms with Crippen LogP contribution in [0.15, 0.2) is 12.4 Å². The van der Waals surface area contributed by atoms with E-state index in [4.69, 9.17) is 0 Å². The summed E-state index contributed by atoms with van der Waals surface area (Å²) in [5, 5.41) is 16.6. The SMILES string of the molecule is Cc1nn(C)cc1CNc1cnc(C(C)C)nc1C(=O)O. The van der Waals surface area contributed by atoms with Crippen molar-refractivity contribution < 1.29 is 9.90 Å². The molecule has 0 saturated carbocycles. The first-order chi connectivity index (χ1) is 9.88. The number of nitrogens with one attached hydrogen (secondary N) is 1. The van der Waals surface area contributed by atoms with Gasteiger partial charge in [0.15, 0.2) is 5.69 Å². The molecule has 2 heterocycles. The normalized spacial score (nSPS) is 10.9. The molecule has 2 rings (SSSR count). The Morgan fingerprint density at radius 1 is 1.48 bits per heavy atom. The van der Waals surface area contributed by atoms with Gasteiger partial charge >= 0.3 is 5.97 Å². The first kappa shape index (κ1) is 15.0. The van der Waals surface area contributed by atoms with Gasteiger partial charge in [0.2, 0.25) is 0 Å². The van der Waals surface area contributed by atoms with Crippen LogP contribution in [0.2, 0.25) is 0 Å². The van der Waals surface area contributed by atoms with E-state index in [1.54, 1.807) is 4.68 Å². The summed E-state index contributed by atoms with van der Waals surface area (Å²) in [4.78, 5) is 19.7. The molecular formula is C14H19N5O2. The smallest absolute Gasteiger partial charge is 0.356 e. The third-order valence-electron chi connectivity index (χ3n) is 3.11. The monoisotopic (exact) mass is 289 g/mol. The van der Waals surface area contributed by atoms with Crippen LogP contribution in [0.25, 0.3) is 0 Å². The Labute approximate surface area is 123 Å². The maximum absolute atomic E-state index is 11.3. The lowest BCUT2D eigenvalue weighted by Crippen LogP contribution is -2.12. The number of aromatic carboxylic acids is 1. The van der Waals surface area contributed by atoms with Gasteiger partial charge in [-0.15, -0.1) is 0 Å². The van der Waals surface area contributed by atoms with Crippen molar-refractivity contribution in [2.75, 3.05) is 5.32 Å². The van der Waals surface area contributed by atoms with Crippen LogP contribution in [0.4, 0.5) is 5.69 Å². The molecule has 0 fully saturated rings. The van der Waals surface area contributed by atoms with Crippen molar-refractivity contribution in [3.8, 4) is 0 Å². The maximum atomic E-state index is 11.3. The summed E-state index contributed by atoms with van der Waals surface area (Å²) in [5.41, 5.74) is 2.31. The third kappa shape index (κ3) is 3.36. The zero-order chi connectivity index (χ0) is 15.6. The van der Waals surface area contributed by atoms with E-state index in [0.29, 0.717) is 18.1 Å². The molecule has 7 nitrogen and oxygen atoms in total. The molecule has 0 bridgehead atoms. The third-order valence-corrected chi connectivity index (χ3v) is 3.11. The van der Waals surface area contributed by atoms with Gasteiger partial charge in [-0.2, -0.15) is 5.10 Å². The lowest BCUT2D eigenvalue weighted by Gasteiger charge is -2.10. The van der Waals surface area contributed by atoms with Crippen LogP contribution in [0.3, 0.4) is 0 Å². The Bertz CT molecular complexity index is 663. The van der Waals surface area contributed by atoms with Gasteiger partial charge in [-0.1, -0.05) is 13.8 Å². The molecule has 0 aliphatic rings. The van der Waals surface area contributed by atoms with Crippen LogP contribution in [0.1, 0.15) is 47.3 Å². The van der Waals surface area contributed by atoms with Gasteiger partial charge in [-0.3, -0.25) is 4.68 Å². The summed E-state index contributed by atoms with van der Waals surface area (Å²) in [6.45, 7) is 6.23. The lowest BCUT2D eigenvalue weighted by atomic mass is 10.2. The van der Waals surface area contributed by atoms with E-state index in [2.05, 4.69) is 20.4 Å². The molecule has 21 heavy (non-hydrogen) atoms. The lowest BCUT2D eigenvalue weighted by molar-refractivity contribution is 0.0691. The zero-order valence-corrected chi connectivity index (χ0v) is 12.6. The van der Waals surface area contributed by atoms with Crippen LogP contribution < -0.4 is 5.32 Å². The second kappa shape index (κ2) is 5.90. The summed E-state index contributed by atoms with van der Waals surface area (Å²) in [5.74, 6) is -0.460. The molecule has 7 heteroatoms. The Kier molecular flexibility index (Phi) is 4.21. The largest absolute Gasteiger partial charge is 0.476 e. The molecule has 2 aromatic heterocycles. The number of rotatable bonds is 5. The second-order valence-corrected chi connectivity index (χ2v) is 5.22. The number of hydrogen-bond acceptors (Lipinski definition) is 5. The van der Waals surface area contributed by atoms with Crippen molar-refractivity contribution in [3.63, 3.8) is 0 Å². The summed E-state index contributed by atoms with van der Waals surface area (Å²) in [7, 11) is 1.85. The standard InChI is InChI=1S/C14H19N5O2/c1-8(2)13-16-6-11(12(17-13)14(20)21)15-5-10-7-19(4)18-9(10)3/h6-8,15H,5H2,1-4H3,(H,20,21). The van der Waals surface area contributed by atoms with Gasteiger partial charge in [-0.05, 0) is 6.92 Å². The minimum atomic E-state index is -1.07. The number of aryl methyl sites for hydroxylation is 2. The van der Waals surface area contributed by atoms with E-state index in [0.717, 1.165) is 11.3 Å². The van der Waals surface area contributed by atoms with E-state index in [9.17, 15) is 9.90 Å². The number of nitrogens with zero attached hydrogens (tertiary/aromatic N) is 4. The highest BCUT2D eigenvalue weighted by Crippen LogP contribution is 2.17. The zero-order valence-electron chi connectivity index (χ0n) is 12.6. The maximum Gasteiger partial charge on any atom is 0.356 e. The van der Waals surface area contributed by atoms with E-state index in [-0.39, 0.29) is 11.6 Å². The number of carboxylic acid groups (broad SMARTS) is 1. The minimum Gasteiger partial charge on any atom is -0.476 e. The van der Waals surface area contributed by atoms with Crippen molar-refractivity contribution in [1.29, 1.82) is 0 Å². The summed E-state index contributed by atoms with van der Waals surface area (Å²) < 4.78 is 1.73. The second-order valence-electron chi connectivity index (χ2n) is 5.22. The highest BCUT2D eigenvalue weighted by Gasteiger charge is 2.16. The molecule has 2 N–H and O–H groups in total. The van der Waals surface area contributed by atoms with Gasteiger partial charge in [-0.25, -0.2) is 14.8 Å². The fourth-order valence-electron chi connectivity index (χ4n) is 1.98. The topological polar surface area (TPSA) is 92.9 Å². The Morgan fingerprint density at radius 3 is 2.71 bits per heavy atom. The molecule has 2 aromatic rings. The molecule has 0 radical (unpaired) electrons. The van der Waals surface area contributed by atoms with Gasteiger partial charge in [0.05, 0.1) is 17.6 Å². The fraction of sp³-hybridized carbons (Fsp3) is 0.429. The Morgan fingerprint density at radius 2 is 2.19 bits per heavy atom. The predicted octanol–water partition coefficient (Wildman–Crippen LogP) is 1.95. The molecule has 0 amide bonds. The van der Waals surface area contributed by atoms with E-state index >= 15 is 0 Å². The van der Waals surface area contributed by atoms with Gasteiger partial charge in [0, 0.05) is 31.3 Å². The van der Waals surface area contributed by atoms with Crippen LogP contribution in [-0.4, -0.2) is 30.8 Å².